The van der Waals surface area contributed by atoms with Gasteiger partial charge < -0.3 is 9.84 Å². The molecule has 0 aliphatic carbocycles. The van der Waals surface area contributed by atoms with Gasteiger partial charge in [0.05, 0.1) is 5.69 Å². The quantitative estimate of drug-likeness (QED) is 0.665. The van der Waals surface area contributed by atoms with Gasteiger partial charge in [-0.15, -0.1) is 0 Å². The van der Waals surface area contributed by atoms with Gasteiger partial charge in [0.2, 0.25) is 0 Å². The highest BCUT2D eigenvalue weighted by molar-refractivity contribution is 5.90. The van der Waals surface area contributed by atoms with Crippen LogP contribution >= 0.6 is 0 Å². The summed E-state index contributed by atoms with van der Waals surface area (Å²) in [5.74, 6) is 0.309. The topological polar surface area (TPSA) is 70.1 Å². The van der Waals surface area contributed by atoms with Gasteiger partial charge in [0.15, 0.2) is 0 Å². The van der Waals surface area contributed by atoms with Gasteiger partial charge in [-0.1, -0.05) is 31.5 Å². The van der Waals surface area contributed by atoms with Crippen LogP contribution in [0.2, 0.25) is 0 Å². The molecule has 0 saturated carbocycles. The van der Waals surface area contributed by atoms with Crippen LogP contribution in [0.5, 0.6) is 5.75 Å². The first-order chi connectivity index (χ1) is 13.3. The smallest absolute Gasteiger partial charge is 0.419 e. The van der Waals surface area contributed by atoms with Crippen molar-refractivity contribution in [1.82, 2.24) is 0 Å². The molecule has 2 rings (SSSR count). The van der Waals surface area contributed by atoms with E-state index in [9.17, 15) is 14.7 Å². The third-order valence-corrected chi connectivity index (χ3v) is 4.29. The fraction of sp³-hybridized carbons (Fsp3) is 0.364. The molecule has 0 aliphatic heterocycles. The second kappa shape index (κ2) is 9.78. The third kappa shape index (κ3) is 5.49. The second-order valence-electron chi connectivity index (χ2n) is 6.96. The summed E-state index contributed by atoms with van der Waals surface area (Å²) in [5.41, 5.74) is 2.30. The van der Waals surface area contributed by atoms with Gasteiger partial charge in [-0.25, -0.2) is 9.59 Å². The number of unbranched alkanes of at least 4 members (excludes halogenated alkanes) is 1. The maximum Gasteiger partial charge on any atom is 0.419 e. The van der Waals surface area contributed by atoms with E-state index in [4.69, 9.17) is 4.74 Å². The Labute approximate surface area is 166 Å². The molecule has 0 bridgehead atoms. The molecule has 0 spiro atoms. The molecule has 0 aromatic heterocycles. The highest BCUT2D eigenvalue weighted by Crippen LogP contribution is 2.25. The summed E-state index contributed by atoms with van der Waals surface area (Å²) in [6.45, 7) is 8.16. The molecule has 0 aliphatic rings. The molecule has 2 aromatic rings. The summed E-state index contributed by atoms with van der Waals surface area (Å²) in [6, 6.07) is 14.0. The van der Waals surface area contributed by atoms with Crippen LogP contribution in [-0.2, 0) is 0 Å². The van der Waals surface area contributed by atoms with Crippen LogP contribution in [0.4, 0.5) is 21.0 Å². The molecular formula is C22H28N2O4. The van der Waals surface area contributed by atoms with E-state index in [0.29, 0.717) is 18.0 Å². The summed E-state index contributed by atoms with van der Waals surface area (Å²) >= 11 is 0. The van der Waals surface area contributed by atoms with Crippen LogP contribution in [0, 0.1) is 6.92 Å². The predicted molar refractivity (Wildman–Crippen MR) is 112 cm³/mol. The molecule has 0 fully saturated rings. The Morgan fingerprint density at radius 1 is 1.07 bits per heavy atom. The number of aryl methyl sites for hydroxylation is 1. The highest BCUT2D eigenvalue weighted by atomic mass is 16.6. The lowest BCUT2D eigenvalue weighted by Crippen LogP contribution is -2.36. The minimum atomic E-state index is -1.05. The Bertz CT molecular complexity index is 820. The zero-order valence-corrected chi connectivity index (χ0v) is 16.9. The van der Waals surface area contributed by atoms with Gasteiger partial charge in [0.25, 0.3) is 0 Å². The van der Waals surface area contributed by atoms with E-state index in [2.05, 4.69) is 6.92 Å². The maximum atomic E-state index is 12.9. The second-order valence-corrected chi connectivity index (χ2v) is 6.96. The van der Waals surface area contributed by atoms with Crippen LogP contribution in [0.1, 0.15) is 39.2 Å². The van der Waals surface area contributed by atoms with Gasteiger partial charge >= 0.3 is 12.2 Å². The molecule has 0 unspecified atom stereocenters. The van der Waals surface area contributed by atoms with E-state index in [0.717, 1.165) is 24.1 Å². The van der Waals surface area contributed by atoms with Crippen LogP contribution in [0.15, 0.2) is 48.5 Å². The van der Waals surface area contributed by atoms with Gasteiger partial charge in [-0.2, -0.15) is 0 Å². The normalized spacial score (nSPS) is 10.6. The number of anilines is 2. The molecule has 0 atom stereocenters. The number of carbonyl (C=O) groups excluding carboxylic acids is 1. The molecule has 2 amide bonds. The van der Waals surface area contributed by atoms with Crippen molar-refractivity contribution >= 4 is 23.6 Å². The van der Waals surface area contributed by atoms with Crippen LogP contribution < -0.4 is 14.5 Å². The van der Waals surface area contributed by atoms with E-state index >= 15 is 0 Å². The van der Waals surface area contributed by atoms with E-state index in [1.807, 2.05) is 31.2 Å². The largest absolute Gasteiger partial charge is 0.465 e. The lowest BCUT2D eigenvalue weighted by molar-refractivity contribution is 0.200. The standard InChI is InChI=1S/C22H28N2O4/c1-5-6-13-23(18-10-7-9-17(4)14-18)22(27)28-20-12-8-11-19(15-20)24(16(2)3)21(25)26/h7-12,14-16H,5-6,13H2,1-4H3,(H,25,26). The summed E-state index contributed by atoms with van der Waals surface area (Å²) in [7, 11) is 0. The van der Waals surface area contributed by atoms with Crippen LogP contribution in [0.25, 0.3) is 0 Å². The van der Waals surface area contributed by atoms with Crippen molar-refractivity contribution in [1.29, 1.82) is 0 Å². The molecule has 6 nitrogen and oxygen atoms in total. The van der Waals surface area contributed by atoms with Gasteiger partial charge in [-0.05, 0) is 57.0 Å². The van der Waals surface area contributed by atoms with Crippen molar-refractivity contribution < 1.29 is 19.4 Å². The molecule has 0 saturated heterocycles. The first kappa shape index (κ1) is 21.3. The molecule has 0 radical (unpaired) electrons. The number of carboxylic acid groups (broad SMARTS) is 1. The van der Waals surface area contributed by atoms with E-state index < -0.39 is 12.2 Å². The summed E-state index contributed by atoms with van der Waals surface area (Å²) < 4.78 is 5.59. The van der Waals surface area contributed by atoms with Gasteiger partial charge in [0.1, 0.15) is 5.75 Å². The number of rotatable bonds is 7. The molecule has 150 valence electrons. The number of hydrogen-bond acceptors (Lipinski definition) is 3. The summed E-state index contributed by atoms with van der Waals surface area (Å²) in [4.78, 5) is 27.2. The zero-order valence-electron chi connectivity index (χ0n) is 16.9. The Morgan fingerprint density at radius 2 is 1.75 bits per heavy atom. The number of benzene rings is 2. The van der Waals surface area contributed by atoms with Crippen molar-refractivity contribution in [2.24, 2.45) is 0 Å². The first-order valence-electron chi connectivity index (χ1n) is 9.51. The molecule has 0 heterocycles. The SMILES string of the molecule is CCCCN(C(=O)Oc1cccc(N(C(=O)O)C(C)C)c1)c1cccc(C)c1. The average molecular weight is 384 g/mol. The zero-order chi connectivity index (χ0) is 20.7. The fourth-order valence-electron chi connectivity index (χ4n) is 2.92. The number of ether oxygens (including phenoxy) is 1. The van der Waals surface area contributed by atoms with Crippen molar-refractivity contribution in [2.75, 3.05) is 16.3 Å². The minimum Gasteiger partial charge on any atom is -0.465 e. The van der Waals surface area contributed by atoms with Crippen LogP contribution in [-0.4, -0.2) is 29.9 Å². The molecule has 2 aromatic carbocycles. The fourth-order valence-corrected chi connectivity index (χ4v) is 2.92. The van der Waals surface area contributed by atoms with E-state index in [1.54, 1.807) is 43.0 Å². The van der Waals surface area contributed by atoms with Crippen molar-refractivity contribution in [3.05, 3.63) is 54.1 Å². The molecule has 28 heavy (non-hydrogen) atoms. The minimum absolute atomic E-state index is 0.239. The molecule has 6 heteroatoms. The maximum absolute atomic E-state index is 12.9. The Hall–Kier alpha value is -3.02. The lowest BCUT2D eigenvalue weighted by atomic mass is 10.2. The molecule has 1 N–H and O–H groups in total. The van der Waals surface area contributed by atoms with Crippen molar-refractivity contribution in [3.8, 4) is 5.75 Å². The molecular weight excluding hydrogens is 356 g/mol. The highest BCUT2D eigenvalue weighted by Gasteiger charge is 2.21. The van der Waals surface area contributed by atoms with E-state index in [-0.39, 0.29) is 6.04 Å². The van der Waals surface area contributed by atoms with E-state index in [1.165, 1.54) is 4.90 Å². The Balaban J connectivity index is 2.25. The number of carbonyl (C=O) groups is 2. The summed E-state index contributed by atoms with van der Waals surface area (Å²) in [6.07, 6.45) is 0.265. The number of amides is 2. The van der Waals surface area contributed by atoms with Gasteiger partial charge in [-0.3, -0.25) is 9.80 Å². The number of nitrogens with zero attached hydrogens (tertiary/aromatic N) is 2. The van der Waals surface area contributed by atoms with Crippen LogP contribution in [0.3, 0.4) is 0 Å². The average Bonchev–Trinajstić information content (AvgIpc) is 2.62. The van der Waals surface area contributed by atoms with Crippen molar-refractivity contribution in [2.45, 2.75) is 46.6 Å². The third-order valence-electron chi connectivity index (χ3n) is 4.29. The number of hydrogen-bond donors (Lipinski definition) is 1. The monoisotopic (exact) mass is 384 g/mol. The Morgan fingerprint density at radius 3 is 2.36 bits per heavy atom. The first-order valence-corrected chi connectivity index (χ1v) is 9.51. The van der Waals surface area contributed by atoms with Gasteiger partial charge in [0, 0.05) is 24.3 Å². The van der Waals surface area contributed by atoms with Crippen molar-refractivity contribution in [3.63, 3.8) is 0 Å². The lowest BCUT2D eigenvalue weighted by Gasteiger charge is -2.25. The predicted octanol–water partition coefficient (Wildman–Crippen LogP) is 5.69. The Kier molecular flexibility index (Phi) is 7.44. The summed E-state index contributed by atoms with van der Waals surface area (Å²) in [5, 5.41) is 9.44.